The molecule has 162 valence electrons. The van der Waals surface area contributed by atoms with Gasteiger partial charge in [-0.2, -0.15) is 0 Å². The Hall–Kier alpha value is -2.08. The van der Waals surface area contributed by atoms with Crippen LogP contribution in [0.3, 0.4) is 0 Å². The maximum Gasteiger partial charge on any atom is 0.237 e. The fourth-order valence-corrected chi connectivity index (χ4v) is 4.09. The molecule has 1 amide bonds. The van der Waals surface area contributed by atoms with E-state index in [9.17, 15) is 4.79 Å². The third-order valence-corrected chi connectivity index (χ3v) is 5.88. The number of carbonyl (C=O) groups is 1. The van der Waals surface area contributed by atoms with Crippen molar-refractivity contribution in [2.24, 2.45) is 0 Å². The minimum absolute atomic E-state index is 0.0942. The monoisotopic (exact) mass is 428 g/mol. The van der Waals surface area contributed by atoms with Gasteiger partial charge < -0.3 is 15.5 Å². The van der Waals surface area contributed by atoms with Gasteiger partial charge in [0.15, 0.2) is 0 Å². The number of amides is 1. The average molecular weight is 429 g/mol. The lowest BCUT2D eigenvalue weighted by Gasteiger charge is -2.24. The van der Waals surface area contributed by atoms with Crippen molar-refractivity contribution < 1.29 is 4.79 Å². The number of hydrogen-bond donors (Lipinski definition) is 2. The Labute approximate surface area is 185 Å². The van der Waals surface area contributed by atoms with Gasteiger partial charge in [-0.1, -0.05) is 41.9 Å². The summed E-state index contributed by atoms with van der Waals surface area (Å²) in [5.41, 5.74) is 3.49. The van der Waals surface area contributed by atoms with Gasteiger partial charge in [0, 0.05) is 56.5 Å². The summed E-state index contributed by atoms with van der Waals surface area (Å²) < 4.78 is 0. The SMILES string of the molecule is CC(C)NC(=O)[C@@H]1C[C@H](NCc2ccc(N(C)C)cc2)CN1Cc1ccccc1Cl. The summed E-state index contributed by atoms with van der Waals surface area (Å²) in [4.78, 5) is 17.2. The number of anilines is 1. The second-order valence-electron chi connectivity index (χ2n) is 8.57. The number of nitrogens with one attached hydrogen (secondary N) is 2. The minimum Gasteiger partial charge on any atom is -0.378 e. The van der Waals surface area contributed by atoms with Crippen LogP contribution < -0.4 is 15.5 Å². The topological polar surface area (TPSA) is 47.6 Å². The molecule has 0 bridgehead atoms. The van der Waals surface area contributed by atoms with Crippen LogP contribution in [0.25, 0.3) is 0 Å². The molecule has 6 heteroatoms. The zero-order chi connectivity index (χ0) is 21.7. The molecule has 1 saturated heterocycles. The highest BCUT2D eigenvalue weighted by Crippen LogP contribution is 2.25. The number of rotatable bonds is 8. The molecule has 0 radical (unpaired) electrons. The number of halogens is 1. The molecule has 0 spiro atoms. The minimum atomic E-state index is -0.155. The highest BCUT2D eigenvalue weighted by Gasteiger charge is 2.36. The summed E-state index contributed by atoms with van der Waals surface area (Å²) in [5, 5.41) is 7.48. The Kier molecular flexibility index (Phi) is 7.75. The lowest BCUT2D eigenvalue weighted by Crippen LogP contribution is -2.45. The third kappa shape index (κ3) is 5.97. The fourth-order valence-electron chi connectivity index (χ4n) is 3.90. The van der Waals surface area contributed by atoms with Gasteiger partial charge in [0.25, 0.3) is 0 Å². The molecule has 30 heavy (non-hydrogen) atoms. The zero-order valence-corrected chi connectivity index (χ0v) is 19.1. The van der Waals surface area contributed by atoms with Crippen molar-refractivity contribution >= 4 is 23.2 Å². The molecule has 2 aromatic carbocycles. The van der Waals surface area contributed by atoms with Crippen molar-refractivity contribution in [3.63, 3.8) is 0 Å². The van der Waals surface area contributed by atoms with Crippen LogP contribution in [0.4, 0.5) is 5.69 Å². The molecule has 3 rings (SSSR count). The van der Waals surface area contributed by atoms with E-state index in [1.54, 1.807) is 0 Å². The van der Waals surface area contributed by atoms with Crippen molar-refractivity contribution in [1.82, 2.24) is 15.5 Å². The first-order chi connectivity index (χ1) is 14.3. The Morgan fingerprint density at radius 1 is 1.17 bits per heavy atom. The number of benzene rings is 2. The molecule has 2 atom stereocenters. The van der Waals surface area contributed by atoms with Crippen molar-refractivity contribution in [3.05, 3.63) is 64.7 Å². The second-order valence-corrected chi connectivity index (χ2v) is 8.98. The molecule has 5 nitrogen and oxygen atoms in total. The van der Waals surface area contributed by atoms with Gasteiger partial charge in [-0.15, -0.1) is 0 Å². The number of hydrogen-bond acceptors (Lipinski definition) is 4. The molecular weight excluding hydrogens is 396 g/mol. The molecular formula is C24H33ClN4O. The van der Waals surface area contributed by atoms with Gasteiger partial charge in [-0.25, -0.2) is 0 Å². The van der Waals surface area contributed by atoms with E-state index in [0.717, 1.165) is 30.1 Å². The zero-order valence-electron chi connectivity index (χ0n) is 18.4. The fraction of sp³-hybridized carbons (Fsp3) is 0.458. The summed E-state index contributed by atoms with van der Waals surface area (Å²) in [6.07, 6.45) is 0.790. The van der Waals surface area contributed by atoms with Gasteiger partial charge in [-0.05, 0) is 49.6 Å². The predicted octanol–water partition coefficient (Wildman–Crippen LogP) is 3.66. The van der Waals surface area contributed by atoms with Crippen LogP contribution in [0.15, 0.2) is 48.5 Å². The largest absolute Gasteiger partial charge is 0.378 e. The van der Waals surface area contributed by atoms with Gasteiger partial charge >= 0.3 is 0 Å². The molecule has 1 heterocycles. The number of nitrogens with zero attached hydrogens (tertiary/aromatic N) is 2. The van der Waals surface area contributed by atoms with Gasteiger partial charge in [-0.3, -0.25) is 9.69 Å². The Morgan fingerprint density at radius 3 is 2.50 bits per heavy atom. The summed E-state index contributed by atoms with van der Waals surface area (Å²) in [6.45, 7) is 6.27. The van der Waals surface area contributed by atoms with E-state index in [1.165, 1.54) is 11.3 Å². The number of carbonyl (C=O) groups excluding carboxylic acids is 1. The van der Waals surface area contributed by atoms with E-state index in [-0.39, 0.29) is 24.0 Å². The molecule has 0 saturated carbocycles. The van der Waals surface area contributed by atoms with Gasteiger partial charge in [0.05, 0.1) is 6.04 Å². The first-order valence-electron chi connectivity index (χ1n) is 10.6. The van der Waals surface area contributed by atoms with Crippen LogP contribution in [0.1, 0.15) is 31.4 Å². The van der Waals surface area contributed by atoms with Crippen LogP contribution in [-0.4, -0.2) is 49.6 Å². The Morgan fingerprint density at radius 2 is 1.87 bits per heavy atom. The molecule has 2 N–H and O–H groups in total. The van der Waals surface area contributed by atoms with E-state index in [0.29, 0.717) is 6.54 Å². The summed E-state index contributed by atoms with van der Waals surface area (Å²) in [7, 11) is 4.09. The first-order valence-corrected chi connectivity index (χ1v) is 11.0. The lowest BCUT2D eigenvalue weighted by atomic mass is 10.1. The van der Waals surface area contributed by atoms with Crippen molar-refractivity contribution in [2.75, 3.05) is 25.5 Å². The molecule has 1 fully saturated rings. The van der Waals surface area contributed by atoms with E-state index in [1.807, 2.05) is 52.2 Å². The van der Waals surface area contributed by atoms with Crippen molar-refractivity contribution in [2.45, 2.75) is 51.5 Å². The Bertz CT molecular complexity index is 837. The smallest absolute Gasteiger partial charge is 0.237 e. The van der Waals surface area contributed by atoms with Crippen molar-refractivity contribution in [3.8, 4) is 0 Å². The maximum absolute atomic E-state index is 12.8. The van der Waals surface area contributed by atoms with Crippen LogP contribution in [0, 0.1) is 0 Å². The summed E-state index contributed by atoms with van der Waals surface area (Å²) in [6, 6.07) is 16.7. The second kappa shape index (κ2) is 10.3. The van der Waals surface area contributed by atoms with E-state index >= 15 is 0 Å². The standard InChI is InChI=1S/C24H33ClN4O/c1-17(2)27-24(30)23-13-20(16-29(23)15-19-7-5-6-8-22(19)25)26-14-18-9-11-21(12-10-18)28(3)4/h5-12,17,20,23,26H,13-16H2,1-4H3,(H,27,30)/t20-,23-/m0/s1. The van der Waals surface area contributed by atoms with Crippen molar-refractivity contribution in [1.29, 1.82) is 0 Å². The quantitative estimate of drug-likeness (QED) is 0.673. The van der Waals surface area contributed by atoms with E-state index in [4.69, 9.17) is 11.6 Å². The molecule has 0 aromatic heterocycles. The number of likely N-dealkylation sites (tertiary alicyclic amines) is 1. The van der Waals surface area contributed by atoms with E-state index < -0.39 is 0 Å². The highest BCUT2D eigenvalue weighted by molar-refractivity contribution is 6.31. The first kappa shape index (κ1) is 22.6. The van der Waals surface area contributed by atoms with Crippen LogP contribution in [0.5, 0.6) is 0 Å². The molecule has 1 aliphatic rings. The normalized spacial score (nSPS) is 19.3. The van der Waals surface area contributed by atoms with Gasteiger partial charge in [0.2, 0.25) is 5.91 Å². The van der Waals surface area contributed by atoms with Crippen LogP contribution in [-0.2, 0) is 17.9 Å². The molecule has 0 aliphatic carbocycles. The molecule has 0 unspecified atom stereocenters. The molecule has 2 aromatic rings. The Balaban J connectivity index is 1.65. The van der Waals surface area contributed by atoms with Crippen LogP contribution in [0.2, 0.25) is 5.02 Å². The highest BCUT2D eigenvalue weighted by atomic mass is 35.5. The summed E-state index contributed by atoms with van der Waals surface area (Å²) >= 11 is 6.38. The van der Waals surface area contributed by atoms with Crippen LogP contribution >= 0.6 is 11.6 Å². The van der Waals surface area contributed by atoms with Gasteiger partial charge in [0.1, 0.15) is 0 Å². The maximum atomic E-state index is 12.8. The predicted molar refractivity (Wildman–Crippen MR) is 125 cm³/mol. The average Bonchev–Trinajstić information content (AvgIpc) is 3.11. The van der Waals surface area contributed by atoms with E-state index in [2.05, 4.69) is 44.7 Å². The summed E-state index contributed by atoms with van der Waals surface area (Å²) in [5.74, 6) is 0.0942. The molecule has 1 aliphatic heterocycles. The third-order valence-electron chi connectivity index (χ3n) is 5.52. The lowest BCUT2D eigenvalue weighted by molar-refractivity contribution is -0.126.